The van der Waals surface area contributed by atoms with E-state index >= 15 is 0 Å². The first-order chi connectivity index (χ1) is 10.0. The van der Waals surface area contributed by atoms with E-state index in [9.17, 15) is 9.59 Å². The van der Waals surface area contributed by atoms with E-state index in [1.807, 2.05) is 0 Å². The Kier molecular flexibility index (Phi) is 5.38. The molecule has 0 radical (unpaired) electrons. The molecule has 0 aromatic rings. The third-order valence-electron chi connectivity index (χ3n) is 3.97. The van der Waals surface area contributed by atoms with Crippen LogP contribution < -0.4 is 5.32 Å². The third kappa shape index (κ3) is 3.84. The Bertz CT molecular complexity index is 379. The van der Waals surface area contributed by atoms with Crippen molar-refractivity contribution < 1.29 is 28.9 Å². The number of rotatable bonds is 5. The number of urea groups is 1. The summed E-state index contributed by atoms with van der Waals surface area (Å²) in [5.74, 6) is -0.950. The van der Waals surface area contributed by atoms with Gasteiger partial charge in [-0.2, -0.15) is 0 Å². The molecule has 21 heavy (non-hydrogen) atoms. The number of carbonyl (C=O) groups excluding carboxylic acids is 1. The monoisotopic (exact) mass is 302 g/mol. The van der Waals surface area contributed by atoms with Crippen LogP contribution in [0.4, 0.5) is 4.79 Å². The molecule has 2 rings (SSSR count). The molecule has 0 spiro atoms. The van der Waals surface area contributed by atoms with Gasteiger partial charge in [0.25, 0.3) is 0 Å². The Labute approximate surface area is 123 Å². The number of nitrogens with zero attached hydrogens (tertiary/aromatic N) is 1. The fourth-order valence-electron chi connectivity index (χ4n) is 2.71. The molecule has 0 saturated carbocycles. The predicted octanol–water partition coefficient (Wildman–Crippen LogP) is -0.326. The molecule has 120 valence electrons. The average Bonchev–Trinajstić information content (AvgIpc) is 3.10. The van der Waals surface area contributed by atoms with Gasteiger partial charge in [0, 0.05) is 20.8 Å². The number of carboxylic acid groups (broad SMARTS) is 1. The van der Waals surface area contributed by atoms with Gasteiger partial charge in [-0.05, 0) is 12.8 Å². The summed E-state index contributed by atoms with van der Waals surface area (Å²) in [7, 11) is 3.19. The molecule has 8 heteroatoms. The summed E-state index contributed by atoms with van der Waals surface area (Å²) in [5, 5.41) is 11.6. The number of ether oxygens (including phenoxy) is 3. The van der Waals surface area contributed by atoms with E-state index in [1.165, 1.54) is 0 Å². The first kappa shape index (κ1) is 16.0. The minimum absolute atomic E-state index is 0.125. The van der Waals surface area contributed by atoms with Crippen molar-refractivity contribution in [3.63, 3.8) is 0 Å². The van der Waals surface area contributed by atoms with Crippen LogP contribution in [0.15, 0.2) is 0 Å². The molecule has 2 aliphatic heterocycles. The van der Waals surface area contributed by atoms with Crippen LogP contribution in [0, 0.1) is 0 Å². The Morgan fingerprint density at radius 1 is 1.24 bits per heavy atom. The highest BCUT2D eigenvalue weighted by molar-refractivity contribution is 5.75. The second-order valence-corrected chi connectivity index (χ2v) is 5.30. The zero-order valence-corrected chi connectivity index (χ0v) is 12.3. The molecule has 4 atom stereocenters. The van der Waals surface area contributed by atoms with Gasteiger partial charge >= 0.3 is 12.0 Å². The lowest BCUT2D eigenvalue weighted by Crippen LogP contribution is -2.42. The fraction of sp³-hybridized carbons (Fsp3) is 0.846. The van der Waals surface area contributed by atoms with Gasteiger partial charge < -0.3 is 29.5 Å². The molecule has 0 aromatic carbocycles. The molecule has 8 nitrogen and oxygen atoms in total. The van der Waals surface area contributed by atoms with Crippen LogP contribution in [-0.4, -0.2) is 80.3 Å². The number of carboxylic acids is 1. The molecule has 0 aliphatic carbocycles. The highest BCUT2D eigenvalue weighted by atomic mass is 16.5. The topological polar surface area (TPSA) is 97.3 Å². The molecule has 2 heterocycles. The first-order valence-electron chi connectivity index (χ1n) is 7.01. The maximum Gasteiger partial charge on any atom is 0.332 e. The molecule has 0 bridgehead atoms. The standard InChI is InChI=1S/C13H22N2O6/c1-19-10-6-15(7-11(10)20-2)13(18)14-5-8-3-4-9(21-8)12(16)17/h8-11H,3-7H2,1-2H3,(H,14,18)(H,16,17). The van der Waals surface area contributed by atoms with Crippen LogP contribution >= 0.6 is 0 Å². The van der Waals surface area contributed by atoms with Crippen molar-refractivity contribution in [2.45, 2.75) is 37.3 Å². The van der Waals surface area contributed by atoms with Crippen molar-refractivity contribution in [2.75, 3.05) is 33.9 Å². The summed E-state index contributed by atoms with van der Waals surface area (Å²) in [6, 6.07) is -0.209. The highest BCUT2D eigenvalue weighted by Crippen LogP contribution is 2.20. The van der Waals surface area contributed by atoms with Crippen LogP contribution in [0.5, 0.6) is 0 Å². The lowest BCUT2D eigenvalue weighted by molar-refractivity contribution is -0.149. The number of carbonyl (C=O) groups is 2. The molecule has 0 aromatic heterocycles. The number of likely N-dealkylation sites (tertiary alicyclic amines) is 1. The van der Waals surface area contributed by atoms with Gasteiger partial charge in [0.05, 0.1) is 19.2 Å². The van der Waals surface area contributed by atoms with Crippen LogP contribution in [0.2, 0.25) is 0 Å². The molecule has 2 aliphatic rings. The van der Waals surface area contributed by atoms with Gasteiger partial charge in [-0.3, -0.25) is 0 Å². The Hall–Kier alpha value is -1.38. The van der Waals surface area contributed by atoms with Gasteiger partial charge in [0.1, 0.15) is 12.2 Å². The molecule has 2 saturated heterocycles. The van der Waals surface area contributed by atoms with Crippen molar-refractivity contribution >= 4 is 12.0 Å². The average molecular weight is 302 g/mol. The van der Waals surface area contributed by atoms with E-state index in [0.29, 0.717) is 32.5 Å². The van der Waals surface area contributed by atoms with Gasteiger partial charge in [0.15, 0.2) is 6.10 Å². The van der Waals surface area contributed by atoms with E-state index in [2.05, 4.69) is 5.32 Å². The van der Waals surface area contributed by atoms with Gasteiger partial charge in [0.2, 0.25) is 0 Å². The largest absolute Gasteiger partial charge is 0.479 e. The lowest BCUT2D eigenvalue weighted by Gasteiger charge is -2.18. The van der Waals surface area contributed by atoms with Crippen molar-refractivity contribution in [2.24, 2.45) is 0 Å². The SMILES string of the molecule is COC1CN(C(=O)NCC2CCC(C(=O)O)O2)CC1OC. The normalized spacial score (nSPS) is 32.4. The third-order valence-corrected chi connectivity index (χ3v) is 3.97. The summed E-state index contributed by atoms with van der Waals surface area (Å²) in [6.45, 7) is 1.27. The zero-order valence-electron chi connectivity index (χ0n) is 12.3. The summed E-state index contributed by atoms with van der Waals surface area (Å²) >= 11 is 0. The van der Waals surface area contributed by atoms with Crippen molar-refractivity contribution in [1.29, 1.82) is 0 Å². The van der Waals surface area contributed by atoms with Crippen molar-refractivity contribution in [1.82, 2.24) is 10.2 Å². The zero-order chi connectivity index (χ0) is 15.4. The Balaban J connectivity index is 1.74. The quantitative estimate of drug-likeness (QED) is 0.722. The van der Waals surface area contributed by atoms with E-state index < -0.39 is 12.1 Å². The second kappa shape index (κ2) is 7.06. The molecule has 2 amide bonds. The van der Waals surface area contributed by atoms with E-state index in [4.69, 9.17) is 19.3 Å². The van der Waals surface area contributed by atoms with E-state index in [-0.39, 0.29) is 24.3 Å². The maximum absolute atomic E-state index is 12.1. The molecular formula is C13H22N2O6. The number of amides is 2. The summed E-state index contributed by atoms with van der Waals surface area (Å²) in [5.41, 5.74) is 0. The van der Waals surface area contributed by atoms with E-state index in [0.717, 1.165) is 0 Å². The second-order valence-electron chi connectivity index (χ2n) is 5.30. The minimum atomic E-state index is -0.950. The van der Waals surface area contributed by atoms with Crippen molar-refractivity contribution in [3.8, 4) is 0 Å². The first-order valence-corrected chi connectivity index (χ1v) is 7.01. The van der Waals surface area contributed by atoms with Crippen LogP contribution in [0.25, 0.3) is 0 Å². The number of methoxy groups -OCH3 is 2. The number of hydrogen-bond acceptors (Lipinski definition) is 5. The Morgan fingerprint density at radius 2 is 1.86 bits per heavy atom. The highest BCUT2D eigenvalue weighted by Gasteiger charge is 2.36. The molecule has 2 fully saturated rings. The van der Waals surface area contributed by atoms with Gasteiger partial charge in [-0.25, -0.2) is 9.59 Å². The van der Waals surface area contributed by atoms with Gasteiger partial charge in [-0.1, -0.05) is 0 Å². The smallest absolute Gasteiger partial charge is 0.332 e. The summed E-state index contributed by atoms with van der Waals surface area (Å²) < 4.78 is 15.9. The van der Waals surface area contributed by atoms with Crippen LogP contribution in [-0.2, 0) is 19.0 Å². The van der Waals surface area contributed by atoms with Crippen LogP contribution in [0.3, 0.4) is 0 Å². The Morgan fingerprint density at radius 3 is 2.33 bits per heavy atom. The van der Waals surface area contributed by atoms with Gasteiger partial charge in [-0.15, -0.1) is 0 Å². The minimum Gasteiger partial charge on any atom is -0.479 e. The lowest BCUT2D eigenvalue weighted by atomic mass is 10.2. The van der Waals surface area contributed by atoms with Crippen LogP contribution in [0.1, 0.15) is 12.8 Å². The number of hydrogen-bond donors (Lipinski definition) is 2. The molecule has 2 N–H and O–H groups in total. The fourth-order valence-corrected chi connectivity index (χ4v) is 2.71. The van der Waals surface area contributed by atoms with E-state index in [1.54, 1.807) is 19.1 Å². The molecule has 4 unspecified atom stereocenters. The maximum atomic E-state index is 12.1. The summed E-state index contributed by atoms with van der Waals surface area (Å²) in [6.07, 6.45) is -0.126. The molecular weight excluding hydrogens is 280 g/mol. The number of nitrogens with one attached hydrogen (secondary N) is 1. The summed E-state index contributed by atoms with van der Waals surface area (Å²) in [4.78, 5) is 24.5. The van der Waals surface area contributed by atoms with Crippen molar-refractivity contribution in [3.05, 3.63) is 0 Å². The number of aliphatic carboxylic acids is 1. The predicted molar refractivity (Wildman–Crippen MR) is 72.1 cm³/mol.